The highest BCUT2D eigenvalue weighted by Gasteiger charge is 2.09. The molecule has 3 rings (SSSR count). The molecule has 1 aromatic heterocycles. The first-order valence-electron chi connectivity index (χ1n) is 6.95. The van der Waals surface area contributed by atoms with E-state index >= 15 is 0 Å². The summed E-state index contributed by atoms with van der Waals surface area (Å²) in [6.45, 7) is 1.93. The Hall–Kier alpha value is -2.95. The summed E-state index contributed by atoms with van der Waals surface area (Å²) >= 11 is 0. The van der Waals surface area contributed by atoms with E-state index in [0.717, 1.165) is 11.1 Å². The molecule has 0 spiro atoms. The van der Waals surface area contributed by atoms with Crippen molar-refractivity contribution in [2.75, 3.05) is 0 Å². The molecule has 0 fully saturated rings. The van der Waals surface area contributed by atoms with Gasteiger partial charge in [-0.15, -0.1) is 10.2 Å². The fourth-order valence-corrected chi connectivity index (χ4v) is 2.14. The minimum Gasteiger partial charge on any atom is -0.424 e. The van der Waals surface area contributed by atoms with Crippen molar-refractivity contribution >= 4 is 5.91 Å². The Morgan fingerprint density at radius 1 is 1.05 bits per heavy atom. The van der Waals surface area contributed by atoms with Crippen molar-refractivity contribution in [3.05, 3.63) is 71.9 Å². The fraction of sp³-hybridized carbons (Fsp3) is 0.118. The van der Waals surface area contributed by atoms with Crippen LogP contribution in [0.5, 0.6) is 0 Å². The predicted octanol–water partition coefficient (Wildman–Crippen LogP) is 2.98. The zero-order chi connectivity index (χ0) is 15.4. The van der Waals surface area contributed by atoms with E-state index in [4.69, 9.17) is 4.42 Å². The number of rotatable bonds is 4. The lowest BCUT2D eigenvalue weighted by atomic mass is 10.0. The van der Waals surface area contributed by atoms with Crippen LogP contribution in [0.4, 0.5) is 0 Å². The normalized spacial score (nSPS) is 10.4. The highest BCUT2D eigenvalue weighted by molar-refractivity contribution is 5.95. The number of hydrogen-bond acceptors (Lipinski definition) is 4. The molecular formula is C17H15N3O2. The van der Waals surface area contributed by atoms with Gasteiger partial charge < -0.3 is 9.73 Å². The van der Waals surface area contributed by atoms with Crippen LogP contribution in [0.25, 0.3) is 11.1 Å². The minimum absolute atomic E-state index is 0.173. The molecular weight excluding hydrogens is 278 g/mol. The van der Waals surface area contributed by atoms with Gasteiger partial charge in [-0.05, 0) is 23.3 Å². The molecule has 0 aliphatic heterocycles. The van der Waals surface area contributed by atoms with E-state index in [1.807, 2.05) is 48.5 Å². The maximum absolute atomic E-state index is 12.2. The molecule has 0 aliphatic carbocycles. The Bertz CT molecular complexity index is 781. The minimum atomic E-state index is -0.173. The monoisotopic (exact) mass is 293 g/mol. The van der Waals surface area contributed by atoms with Gasteiger partial charge in [0.1, 0.15) is 0 Å². The van der Waals surface area contributed by atoms with E-state index in [2.05, 4.69) is 15.5 Å². The van der Waals surface area contributed by atoms with E-state index in [1.54, 1.807) is 13.0 Å². The molecule has 3 aromatic rings. The third-order valence-corrected chi connectivity index (χ3v) is 3.20. The number of nitrogens with one attached hydrogen (secondary N) is 1. The van der Waals surface area contributed by atoms with Gasteiger partial charge in [-0.3, -0.25) is 4.79 Å². The van der Waals surface area contributed by atoms with Crippen LogP contribution in [0.2, 0.25) is 0 Å². The van der Waals surface area contributed by atoms with Gasteiger partial charge in [0.25, 0.3) is 5.91 Å². The number of aromatic nitrogens is 2. The van der Waals surface area contributed by atoms with Gasteiger partial charge in [0.2, 0.25) is 11.8 Å². The van der Waals surface area contributed by atoms with Crippen LogP contribution in [0, 0.1) is 6.92 Å². The summed E-state index contributed by atoms with van der Waals surface area (Å²) in [5.74, 6) is 0.703. The van der Waals surface area contributed by atoms with Gasteiger partial charge in [0.15, 0.2) is 0 Å². The second kappa shape index (κ2) is 6.22. The van der Waals surface area contributed by atoms with Gasteiger partial charge in [-0.25, -0.2) is 0 Å². The standard InChI is InChI=1S/C17H15N3O2/c1-12-19-20-16(22-12)11-18-17(21)15-9-5-8-14(10-15)13-6-3-2-4-7-13/h2-10H,11H2,1H3,(H,18,21). The Morgan fingerprint density at radius 2 is 1.82 bits per heavy atom. The Morgan fingerprint density at radius 3 is 2.55 bits per heavy atom. The first kappa shape index (κ1) is 14.0. The first-order chi connectivity index (χ1) is 10.7. The van der Waals surface area contributed by atoms with E-state index in [0.29, 0.717) is 17.3 Å². The number of benzene rings is 2. The third kappa shape index (κ3) is 3.20. The molecule has 0 bridgehead atoms. The van der Waals surface area contributed by atoms with Gasteiger partial charge in [-0.2, -0.15) is 0 Å². The lowest BCUT2D eigenvalue weighted by molar-refractivity contribution is 0.0947. The average Bonchev–Trinajstić information content (AvgIpc) is 2.99. The van der Waals surface area contributed by atoms with E-state index in [-0.39, 0.29) is 12.5 Å². The molecule has 2 aromatic carbocycles. The number of carbonyl (C=O) groups excluding carboxylic acids is 1. The van der Waals surface area contributed by atoms with E-state index in [9.17, 15) is 4.79 Å². The molecule has 0 aliphatic rings. The highest BCUT2D eigenvalue weighted by Crippen LogP contribution is 2.19. The molecule has 5 nitrogen and oxygen atoms in total. The summed E-state index contributed by atoms with van der Waals surface area (Å²) in [6.07, 6.45) is 0. The summed E-state index contributed by atoms with van der Waals surface area (Å²) in [5.41, 5.74) is 2.67. The predicted molar refractivity (Wildman–Crippen MR) is 82.1 cm³/mol. The average molecular weight is 293 g/mol. The van der Waals surface area contributed by atoms with Crippen LogP contribution < -0.4 is 5.32 Å². The Labute approximate surface area is 128 Å². The van der Waals surface area contributed by atoms with E-state index in [1.165, 1.54) is 0 Å². The molecule has 0 saturated heterocycles. The van der Waals surface area contributed by atoms with Crippen LogP contribution in [0.1, 0.15) is 22.1 Å². The van der Waals surface area contributed by atoms with Crippen molar-refractivity contribution in [1.29, 1.82) is 0 Å². The SMILES string of the molecule is Cc1nnc(CNC(=O)c2cccc(-c3ccccc3)c2)o1. The topological polar surface area (TPSA) is 68.0 Å². The molecule has 0 saturated carbocycles. The third-order valence-electron chi connectivity index (χ3n) is 3.20. The number of carbonyl (C=O) groups is 1. The van der Waals surface area contributed by atoms with Crippen LogP contribution >= 0.6 is 0 Å². The molecule has 1 amide bonds. The molecule has 0 unspecified atom stereocenters. The largest absolute Gasteiger partial charge is 0.424 e. The van der Waals surface area contributed by atoms with Crippen LogP contribution in [-0.4, -0.2) is 16.1 Å². The second-order valence-corrected chi connectivity index (χ2v) is 4.84. The van der Waals surface area contributed by atoms with Crippen molar-refractivity contribution in [2.24, 2.45) is 0 Å². The maximum atomic E-state index is 12.2. The summed E-state index contributed by atoms with van der Waals surface area (Å²) < 4.78 is 5.23. The van der Waals surface area contributed by atoms with Crippen molar-refractivity contribution < 1.29 is 9.21 Å². The molecule has 22 heavy (non-hydrogen) atoms. The highest BCUT2D eigenvalue weighted by atomic mass is 16.4. The fourth-order valence-electron chi connectivity index (χ4n) is 2.14. The van der Waals surface area contributed by atoms with Gasteiger partial charge in [0.05, 0.1) is 6.54 Å². The van der Waals surface area contributed by atoms with Gasteiger partial charge in [0, 0.05) is 12.5 Å². The Kier molecular flexibility index (Phi) is 3.96. The summed E-state index contributed by atoms with van der Waals surface area (Å²) in [5, 5.41) is 10.3. The summed E-state index contributed by atoms with van der Waals surface area (Å²) in [7, 11) is 0. The summed E-state index contributed by atoms with van der Waals surface area (Å²) in [4.78, 5) is 12.2. The van der Waals surface area contributed by atoms with Gasteiger partial charge >= 0.3 is 0 Å². The second-order valence-electron chi connectivity index (χ2n) is 4.84. The van der Waals surface area contributed by atoms with Crippen molar-refractivity contribution in [2.45, 2.75) is 13.5 Å². The lowest BCUT2D eigenvalue weighted by Crippen LogP contribution is -2.22. The van der Waals surface area contributed by atoms with Crippen LogP contribution in [0.3, 0.4) is 0 Å². The van der Waals surface area contributed by atoms with Crippen molar-refractivity contribution in [3.8, 4) is 11.1 Å². The lowest BCUT2D eigenvalue weighted by Gasteiger charge is -2.06. The number of aryl methyl sites for hydroxylation is 1. The molecule has 110 valence electrons. The first-order valence-corrected chi connectivity index (χ1v) is 6.95. The van der Waals surface area contributed by atoms with E-state index < -0.39 is 0 Å². The summed E-state index contributed by atoms with van der Waals surface area (Å²) in [6, 6.07) is 17.4. The van der Waals surface area contributed by atoms with Crippen LogP contribution in [-0.2, 0) is 6.54 Å². The number of hydrogen-bond donors (Lipinski definition) is 1. The molecule has 0 atom stereocenters. The zero-order valence-electron chi connectivity index (χ0n) is 12.1. The smallest absolute Gasteiger partial charge is 0.251 e. The van der Waals surface area contributed by atoms with Crippen molar-refractivity contribution in [1.82, 2.24) is 15.5 Å². The Balaban J connectivity index is 1.73. The molecule has 0 radical (unpaired) electrons. The number of nitrogens with zero attached hydrogens (tertiary/aromatic N) is 2. The van der Waals surface area contributed by atoms with Crippen molar-refractivity contribution in [3.63, 3.8) is 0 Å². The molecule has 1 heterocycles. The zero-order valence-corrected chi connectivity index (χ0v) is 12.1. The van der Waals surface area contributed by atoms with Crippen LogP contribution in [0.15, 0.2) is 59.0 Å². The molecule has 5 heteroatoms. The maximum Gasteiger partial charge on any atom is 0.251 e. The quantitative estimate of drug-likeness (QED) is 0.803. The van der Waals surface area contributed by atoms with Gasteiger partial charge in [-0.1, -0.05) is 42.5 Å². The number of amides is 1. The molecule has 1 N–H and O–H groups in total.